The largest absolute Gasteiger partial charge is 0.478 e. The number of likely N-dealkylation sites (N-methyl/N-ethyl adjacent to an activating group) is 1. The smallest absolute Gasteiger partial charge is 0.335 e. The summed E-state index contributed by atoms with van der Waals surface area (Å²) < 4.78 is 0. The van der Waals surface area contributed by atoms with Crippen molar-refractivity contribution in [1.82, 2.24) is 14.9 Å². The highest BCUT2D eigenvalue weighted by molar-refractivity contribution is 5.96. The van der Waals surface area contributed by atoms with E-state index in [4.69, 9.17) is 4.98 Å². The highest BCUT2D eigenvalue weighted by atomic mass is 16.4. The zero-order valence-corrected chi connectivity index (χ0v) is 18.1. The number of carboxylic acids is 1. The molecule has 2 aromatic heterocycles. The van der Waals surface area contributed by atoms with Crippen molar-refractivity contribution in [1.29, 1.82) is 0 Å². The van der Waals surface area contributed by atoms with Crippen LogP contribution in [0, 0.1) is 0 Å². The Bertz CT molecular complexity index is 1350. The molecule has 1 aliphatic carbocycles. The lowest BCUT2D eigenvalue weighted by molar-refractivity contribution is 0.0697. The molecule has 0 saturated carbocycles. The summed E-state index contributed by atoms with van der Waals surface area (Å²) in [5.41, 5.74) is 10.1. The molecular formula is C27H25N3O2. The van der Waals surface area contributed by atoms with Gasteiger partial charge < -0.3 is 15.0 Å². The summed E-state index contributed by atoms with van der Waals surface area (Å²) >= 11 is 0. The number of nitrogens with one attached hydrogen (secondary N) is 1. The van der Waals surface area contributed by atoms with Gasteiger partial charge in [-0.15, -0.1) is 0 Å². The molecule has 160 valence electrons. The first-order valence-corrected chi connectivity index (χ1v) is 11.2. The lowest BCUT2D eigenvalue weighted by Crippen LogP contribution is -2.33. The number of aromatic amines is 1. The van der Waals surface area contributed by atoms with Crippen molar-refractivity contribution in [3.8, 4) is 22.3 Å². The van der Waals surface area contributed by atoms with Crippen LogP contribution in [-0.2, 0) is 13.0 Å². The van der Waals surface area contributed by atoms with Crippen LogP contribution in [0.4, 0.5) is 0 Å². The molecule has 0 radical (unpaired) electrons. The van der Waals surface area contributed by atoms with Crippen LogP contribution in [0.15, 0.2) is 54.9 Å². The SMILES string of the molecule is CN1Cc2cc(-c3cnc4[nH]cc(-c5ccc(C(=O)O)cc5)c4c3)cc3c2C(CCC3)C1. The normalized spacial score (nSPS) is 18.0. The van der Waals surface area contributed by atoms with Gasteiger partial charge in [0, 0.05) is 42.0 Å². The van der Waals surface area contributed by atoms with E-state index in [1.54, 1.807) is 17.7 Å². The fourth-order valence-electron chi connectivity index (χ4n) is 5.60. The molecule has 0 saturated heterocycles. The quantitative estimate of drug-likeness (QED) is 0.459. The van der Waals surface area contributed by atoms with Gasteiger partial charge >= 0.3 is 5.97 Å². The van der Waals surface area contributed by atoms with Crippen molar-refractivity contribution < 1.29 is 9.90 Å². The predicted octanol–water partition coefficient (Wildman–Crippen LogP) is 5.46. The van der Waals surface area contributed by atoms with Gasteiger partial charge in [-0.25, -0.2) is 9.78 Å². The second-order valence-corrected chi connectivity index (χ2v) is 9.20. The van der Waals surface area contributed by atoms with Crippen LogP contribution in [-0.4, -0.2) is 39.5 Å². The molecule has 2 aromatic carbocycles. The van der Waals surface area contributed by atoms with Gasteiger partial charge in [-0.1, -0.05) is 18.2 Å². The molecule has 0 amide bonds. The molecule has 0 bridgehead atoms. The maximum atomic E-state index is 11.2. The van der Waals surface area contributed by atoms with Crippen LogP contribution >= 0.6 is 0 Å². The number of pyridine rings is 1. The van der Waals surface area contributed by atoms with E-state index in [1.165, 1.54) is 36.1 Å². The predicted molar refractivity (Wildman–Crippen MR) is 126 cm³/mol. The van der Waals surface area contributed by atoms with Crippen LogP contribution in [0.25, 0.3) is 33.3 Å². The Labute approximate surface area is 186 Å². The molecule has 32 heavy (non-hydrogen) atoms. The number of benzene rings is 2. The summed E-state index contributed by atoms with van der Waals surface area (Å²) in [7, 11) is 2.22. The van der Waals surface area contributed by atoms with Gasteiger partial charge in [0.1, 0.15) is 5.65 Å². The van der Waals surface area contributed by atoms with E-state index in [0.717, 1.165) is 40.7 Å². The molecule has 3 heterocycles. The van der Waals surface area contributed by atoms with E-state index in [-0.39, 0.29) is 0 Å². The molecule has 5 heteroatoms. The van der Waals surface area contributed by atoms with E-state index in [1.807, 2.05) is 24.5 Å². The Kier molecular flexibility index (Phi) is 4.40. The zero-order valence-electron chi connectivity index (χ0n) is 18.1. The van der Waals surface area contributed by atoms with Crippen LogP contribution in [0.3, 0.4) is 0 Å². The maximum Gasteiger partial charge on any atom is 0.335 e. The van der Waals surface area contributed by atoms with Gasteiger partial charge in [0.25, 0.3) is 0 Å². The Morgan fingerprint density at radius 1 is 1.09 bits per heavy atom. The molecule has 0 fully saturated rings. The molecule has 5 nitrogen and oxygen atoms in total. The number of fused-ring (bicyclic) bond motifs is 1. The van der Waals surface area contributed by atoms with Gasteiger partial charge in [-0.3, -0.25) is 0 Å². The number of carbonyl (C=O) groups is 1. The molecule has 4 aromatic rings. The van der Waals surface area contributed by atoms with E-state index in [9.17, 15) is 9.90 Å². The monoisotopic (exact) mass is 423 g/mol. The highest BCUT2D eigenvalue weighted by Crippen LogP contribution is 2.41. The first-order valence-electron chi connectivity index (χ1n) is 11.2. The van der Waals surface area contributed by atoms with Gasteiger partial charge in [0.15, 0.2) is 0 Å². The minimum absolute atomic E-state index is 0.290. The van der Waals surface area contributed by atoms with Crippen LogP contribution in [0.5, 0.6) is 0 Å². The van der Waals surface area contributed by atoms with Crippen molar-refractivity contribution in [3.63, 3.8) is 0 Å². The average molecular weight is 424 g/mol. The fourth-order valence-corrected chi connectivity index (χ4v) is 5.60. The number of carboxylic acid groups (broad SMARTS) is 1. The fraction of sp³-hybridized carbons (Fsp3) is 0.259. The number of aromatic nitrogens is 2. The standard InChI is InChI=1S/C27H25N3O2/c1-30-14-19-4-2-3-18-9-20(10-22(15-30)25(18)19)21-11-23-24(13-29-26(23)28-12-21)16-5-7-17(8-6-16)27(31)32/h5-13,19H,2-4,14-15H2,1H3,(H,28,29)(H,31,32). The van der Waals surface area contributed by atoms with Crippen molar-refractivity contribution in [3.05, 3.63) is 77.1 Å². The second-order valence-electron chi connectivity index (χ2n) is 9.20. The number of H-pyrrole nitrogens is 1. The van der Waals surface area contributed by atoms with Crippen molar-refractivity contribution in [2.45, 2.75) is 31.7 Å². The van der Waals surface area contributed by atoms with Crippen molar-refractivity contribution in [2.24, 2.45) is 0 Å². The lowest BCUT2D eigenvalue weighted by Gasteiger charge is -2.37. The highest BCUT2D eigenvalue weighted by Gasteiger charge is 2.29. The molecule has 1 unspecified atom stereocenters. The third-order valence-corrected chi connectivity index (χ3v) is 7.04. The minimum Gasteiger partial charge on any atom is -0.478 e. The number of rotatable bonds is 3. The van der Waals surface area contributed by atoms with E-state index >= 15 is 0 Å². The topological polar surface area (TPSA) is 69.2 Å². The second kappa shape index (κ2) is 7.31. The summed E-state index contributed by atoms with van der Waals surface area (Å²) in [4.78, 5) is 21.6. The Morgan fingerprint density at radius 2 is 1.91 bits per heavy atom. The third-order valence-electron chi connectivity index (χ3n) is 7.04. The van der Waals surface area contributed by atoms with Gasteiger partial charge in [-0.2, -0.15) is 0 Å². The Hall–Kier alpha value is -3.44. The maximum absolute atomic E-state index is 11.2. The van der Waals surface area contributed by atoms with Crippen LogP contribution < -0.4 is 0 Å². The minimum atomic E-state index is -0.913. The average Bonchev–Trinajstić information content (AvgIpc) is 3.22. The van der Waals surface area contributed by atoms with Crippen LogP contribution in [0.2, 0.25) is 0 Å². The Morgan fingerprint density at radius 3 is 2.72 bits per heavy atom. The molecule has 2 N–H and O–H groups in total. The summed E-state index contributed by atoms with van der Waals surface area (Å²) in [6, 6.07) is 14.0. The van der Waals surface area contributed by atoms with E-state index < -0.39 is 5.97 Å². The van der Waals surface area contributed by atoms with E-state index in [2.05, 4.69) is 35.1 Å². The summed E-state index contributed by atoms with van der Waals surface area (Å²) in [5, 5.41) is 10.2. The first-order chi connectivity index (χ1) is 15.6. The Balaban J connectivity index is 1.45. The number of nitrogens with zero attached hydrogens (tertiary/aromatic N) is 2. The van der Waals surface area contributed by atoms with Gasteiger partial charge in [0.05, 0.1) is 5.56 Å². The number of hydrogen-bond donors (Lipinski definition) is 2. The summed E-state index contributed by atoms with van der Waals surface area (Å²) in [6.07, 6.45) is 7.63. The van der Waals surface area contributed by atoms with Gasteiger partial charge in [-0.05, 0) is 84.3 Å². The summed E-state index contributed by atoms with van der Waals surface area (Å²) in [5.74, 6) is -0.240. The molecule has 1 atom stereocenters. The number of hydrogen-bond acceptors (Lipinski definition) is 3. The molecule has 2 aliphatic rings. The zero-order chi connectivity index (χ0) is 21.8. The number of aromatic carboxylic acids is 1. The van der Waals surface area contributed by atoms with Crippen molar-refractivity contribution >= 4 is 17.0 Å². The first kappa shape index (κ1) is 19.3. The van der Waals surface area contributed by atoms with Gasteiger partial charge in [0.2, 0.25) is 0 Å². The van der Waals surface area contributed by atoms with E-state index in [0.29, 0.717) is 11.5 Å². The van der Waals surface area contributed by atoms with Crippen LogP contribution in [0.1, 0.15) is 45.8 Å². The third kappa shape index (κ3) is 3.12. The molecule has 1 aliphatic heterocycles. The summed E-state index contributed by atoms with van der Waals surface area (Å²) in [6.45, 7) is 2.17. The number of aryl methyl sites for hydroxylation is 1. The molecular weight excluding hydrogens is 398 g/mol. The molecule has 6 rings (SSSR count). The lowest BCUT2D eigenvalue weighted by atomic mass is 9.76. The van der Waals surface area contributed by atoms with Crippen molar-refractivity contribution in [2.75, 3.05) is 13.6 Å². The molecule has 0 spiro atoms.